The van der Waals surface area contributed by atoms with Crippen LogP contribution < -0.4 is 11.1 Å². The molecule has 3 aliphatic carbocycles. The third-order valence-electron chi connectivity index (χ3n) is 4.89. The average Bonchev–Trinajstić information content (AvgIpc) is 2.73. The quantitative estimate of drug-likeness (QED) is 0.769. The Balaban J connectivity index is 1.48. The van der Waals surface area contributed by atoms with Crippen LogP contribution >= 0.6 is 0 Å². The lowest BCUT2D eigenvalue weighted by Gasteiger charge is -2.53. The smallest absolute Gasteiger partial charge is 0.234 e. The highest BCUT2D eigenvalue weighted by molar-refractivity contribution is 5.78. The summed E-state index contributed by atoms with van der Waals surface area (Å²) < 4.78 is 0. The Kier molecular flexibility index (Phi) is 3.23. The van der Waals surface area contributed by atoms with E-state index in [0.717, 1.165) is 45.1 Å². The number of rotatable bonds is 3. The van der Waals surface area contributed by atoms with Crippen molar-refractivity contribution in [2.45, 2.75) is 56.1 Å². The number of amides is 1. The van der Waals surface area contributed by atoms with Gasteiger partial charge in [0, 0.05) is 18.1 Å². The summed E-state index contributed by atoms with van der Waals surface area (Å²) in [6.07, 6.45) is 6.15. The summed E-state index contributed by atoms with van der Waals surface area (Å²) in [6, 6.07) is 2.44. The minimum Gasteiger partial charge on any atom is -0.352 e. The third-order valence-corrected chi connectivity index (χ3v) is 4.89. The molecule has 0 radical (unpaired) electrons. The van der Waals surface area contributed by atoms with Gasteiger partial charge in [-0.1, -0.05) is 0 Å². The van der Waals surface area contributed by atoms with Gasteiger partial charge in [0.15, 0.2) is 0 Å². The lowest BCUT2D eigenvalue weighted by molar-refractivity contribution is -0.124. The van der Waals surface area contributed by atoms with Crippen LogP contribution in [0.1, 0.15) is 38.5 Å². The van der Waals surface area contributed by atoms with Crippen LogP contribution in [0.2, 0.25) is 0 Å². The van der Waals surface area contributed by atoms with E-state index < -0.39 is 0 Å². The Hall–Kier alpha value is -1.12. The Bertz CT molecular complexity index is 410. The van der Waals surface area contributed by atoms with Crippen LogP contribution in [0.5, 0.6) is 0 Å². The topological polar surface area (TPSA) is 82.2 Å². The van der Waals surface area contributed by atoms with Crippen LogP contribution in [0.3, 0.4) is 0 Å². The maximum Gasteiger partial charge on any atom is 0.234 e. The fourth-order valence-corrected chi connectivity index (χ4v) is 4.13. The van der Waals surface area contributed by atoms with E-state index >= 15 is 0 Å². The molecule has 0 aromatic heterocycles. The van der Waals surface area contributed by atoms with Gasteiger partial charge >= 0.3 is 0 Å². The molecule has 5 nitrogen and oxygen atoms in total. The summed E-state index contributed by atoms with van der Waals surface area (Å²) in [6.45, 7) is 1.22. The lowest BCUT2D eigenvalue weighted by atomic mass is 9.58. The molecule has 0 aromatic carbocycles. The second-order valence-electron chi connectivity index (χ2n) is 6.60. The molecular formula is C14H22N4O. The van der Waals surface area contributed by atoms with E-state index in [-0.39, 0.29) is 23.5 Å². The first kappa shape index (κ1) is 12.9. The van der Waals surface area contributed by atoms with Crippen molar-refractivity contribution < 1.29 is 4.79 Å². The van der Waals surface area contributed by atoms with Gasteiger partial charge in [-0.25, -0.2) is 0 Å². The molecule has 1 unspecified atom stereocenters. The maximum absolute atomic E-state index is 12.1. The zero-order valence-electron chi connectivity index (χ0n) is 11.3. The molecule has 4 fully saturated rings. The molecule has 19 heavy (non-hydrogen) atoms. The molecule has 4 aliphatic rings. The van der Waals surface area contributed by atoms with Crippen molar-refractivity contribution in [2.75, 3.05) is 13.1 Å². The van der Waals surface area contributed by atoms with Crippen molar-refractivity contribution in [2.24, 2.45) is 11.7 Å². The molecule has 2 bridgehead atoms. The van der Waals surface area contributed by atoms with E-state index in [2.05, 4.69) is 11.4 Å². The number of carbonyl (C=O) groups is 1. The Morgan fingerprint density at radius 2 is 2.26 bits per heavy atom. The van der Waals surface area contributed by atoms with E-state index in [1.165, 1.54) is 0 Å². The van der Waals surface area contributed by atoms with Crippen LogP contribution in [0.4, 0.5) is 0 Å². The third kappa shape index (κ3) is 2.60. The minimum atomic E-state index is -0.0774. The van der Waals surface area contributed by atoms with Gasteiger partial charge in [-0.2, -0.15) is 5.26 Å². The first-order valence-corrected chi connectivity index (χ1v) is 7.30. The molecule has 2 atom stereocenters. The van der Waals surface area contributed by atoms with Crippen molar-refractivity contribution in [1.29, 1.82) is 5.26 Å². The maximum atomic E-state index is 12.1. The molecular weight excluding hydrogens is 240 g/mol. The molecule has 5 heteroatoms. The standard InChI is InChI=1S/C14H22N4O/c15-8-12-2-1-3-18(12)9-13(19)17-11-4-10-5-14(16,6-10)7-11/h10-12H,1-7,9,16H2,(H,17,19)/t10?,11?,12-,14?/m0/s1. The summed E-state index contributed by atoms with van der Waals surface area (Å²) in [7, 11) is 0. The second-order valence-corrected chi connectivity index (χ2v) is 6.60. The van der Waals surface area contributed by atoms with Crippen LogP contribution in [-0.4, -0.2) is 41.5 Å². The molecule has 1 saturated heterocycles. The van der Waals surface area contributed by atoms with Crippen LogP contribution in [0.15, 0.2) is 0 Å². The Morgan fingerprint density at radius 1 is 1.47 bits per heavy atom. The SMILES string of the molecule is N#C[C@@H]1CCCN1CC(=O)NC1CC2CC(N)(C2)C1. The minimum absolute atomic E-state index is 0.0102. The molecule has 4 rings (SSSR count). The van der Waals surface area contributed by atoms with Gasteiger partial charge in [-0.15, -0.1) is 0 Å². The van der Waals surface area contributed by atoms with Crippen molar-refractivity contribution >= 4 is 5.91 Å². The normalized spacial score (nSPS) is 41.4. The number of hydrogen-bond acceptors (Lipinski definition) is 4. The average molecular weight is 262 g/mol. The van der Waals surface area contributed by atoms with Crippen molar-refractivity contribution in [3.05, 3.63) is 0 Å². The summed E-state index contributed by atoms with van der Waals surface area (Å²) in [5.41, 5.74) is 6.20. The summed E-state index contributed by atoms with van der Waals surface area (Å²) in [4.78, 5) is 14.0. The monoisotopic (exact) mass is 262 g/mol. The van der Waals surface area contributed by atoms with Gasteiger partial charge in [-0.05, 0) is 44.4 Å². The number of hydrogen-bond donors (Lipinski definition) is 2. The van der Waals surface area contributed by atoms with Crippen LogP contribution in [-0.2, 0) is 4.79 Å². The predicted octanol–water partition coefficient (Wildman–Crippen LogP) is 0.360. The first-order valence-electron chi connectivity index (χ1n) is 7.30. The Morgan fingerprint density at radius 3 is 2.95 bits per heavy atom. The molecule has 104 valence electrons. The Labute approximate surface area is 114 Å². The summed E-state index contributed by atoms with van der Waals surface area (Å²) >= 11 is 0. The van der Waals surface area contributed by atoms with Crippen molar-refractivity contribution in [1.82, 2.24) is 10.2 Å². The van der Waals surface area contributed by atoms with E-state index in [1.807, 2.05) is 4.90 Å². The number of carbonyl (C=O) groups excluding carboxylic acids is 1. The summed E-state index contributed by atoms with van der Waals surface area (Å²) in [5.74, 6) is 0.764. The number of nitrogens with zero attached hydrogens (tertiary/aromatic N) is 2. The number of nitriles is 1. The van der Waals surface area contributed by atoms with E-state index in [4.69, 9.17) is 11.0 Å². The lowest BCUT2D eigenvalue weighted by Crippen LogP contribution is -2.61. The second kappa shape index (κ2) is 4.77. The largest absolute Gasteiger partial charge is 0.352 e. The molecule has 3 N–H and O–H groups in total. The van der Waals surface area contributed by atoms with Gasteiger partial charge in [0.05, 0.1) is 18.7 Å². The number of nitrogens with two attached hydrogens (primary N) is 1. The fraction of sp³-hybridized carbons (Fsp3) is 0.857. The predicted molar refractivity (Wildman–Crippen MR) is 71.0 cm³/mol. The van der Waals surface area contributed by atoms with E-state index in [1.54, 1.807) is 0 Å². The number of likely N-dealkylation sites (tertiary alicyclic amines) is 1. The molecule has 1 heterocycles. The first-order chi connectivity index (χ1) is 9.08. The zero-order chi connectivity index (χ0) is 13.5. The highest BCUT2D eigenvalue weighted by Crippen LogP contribution is 2.47. The number of nitrogens with one attached hydrogen (secondary N) is 1. The molecule has 1 aliphatic heterocycles. The zero-order valence-corrected chi connectivity index (χ0v) is 11.3. The van der Waals surface area contributed by atoms with Gasteiger partial charge in [0.2, 0.25) is 5.91 Å². The highest BCUT2D eigenvalue weighted by Gasteiger charge is 2.48. The molecule has 3 saturated carbocycles. The fourth-order valence-electron chi connectivity index (χ4n) is 4.13. The van der Waals surface area contributed by atoms with E-state index in [9.17, 15) is 4.79 Å². The van der Waals surface area contributed by atoms with Gasteiger partial charge in [0.25, 0.3) is 0 Å². The van der Waals surface area contributed by atoms with Gasteiger partial charge < -0.3 is 11.1 Å². The molecule has 1 amide bonds. The van der Waals surface area contributed by atoms with Crippen LogP contribution in [0.25, 0.3) is 0 Å². The van der Waals surface area contributed by atoms with Crippen LogP contribution in [0, 0.1) is 17.2 Å². The van der Waals surface area contributed by atoms with E-state index in [0.29, 0.717) is 12.5 Å². The number of fused-ring (bicyclic) bond motifs is 2. The van der Waals surface area contributed by atoms with Gasteiger partial charge in [-0.3, -0.25) is 9.69 Å². The highest BCUT2D eigenvalue weighted by atomic mass is 16.2. The van der Waals surface area contributed by atoms with Crippen molar-refractivity contribution in [3.8, 4) is 6.07 Å². The molecule has 0 spiro atoms. The molecule has 0 aromatic rings. The van der Waals surface area contributed by atoms with Crippen molar-refractivity contribution in [3.63, 3.8) is 0 Å². The summed E-state index contributed by atoms with van der Waals surface area (Å²) in [5, 5.41) is 12.1. The van der Waals surface area contributed by atoms with Gasteiger partial charge in [0.1, 0.15) is 0 Å².